The molecule has 0 unspecified atom stereocenters. The largest absolute Gasteiger partial charge is 0.302 e. The molecule has 2 nitrogen and oxygen atoms in total. The van der Waals surface area contributed by atoms with Gasteiger partial charge in [0.15, 0.2) is 0 Å². The molecule has 0 aliphatic rings. The number of aromatic nitrogens is 1. The molecule has 1 heterocycles. The molecule has 0 spiro atoms. The van der Waals surface area contributed by atoms with Gasteiger partial charge < -0.3 is 4.79 Å². The highest BCUT2D eigenvalue weighted by atomic mass is 35.5. The van der Waals surface area contributed by atoms with E-state index in [-0.39, 0.29) is 6.42 Å². The summed E-state index contributed by atoms with van der Waals surface area (Å²) in [5.74, 6) is 5.38. The van der Waals surface area contributed by atoms with Gasteiger partial charge in [-0.15, -0.1) is 0 Å². The van der Waals surface area contributed by atoms with E-state index in [1.807, 2.05) is 0 Å². The van der Waals surface area contributed by atoms with E-state index in [2.05, 4.69) is 16.8 Å². The van der Waals surface area contributed by atoms with Gasteiger partial charge in [-0.1, -0.05) is 35.0 Å². The Morgan fingerprint density at radius 2 is 2.00 bits per heavy atom. The molecule has 13 heavy (non-hydrogen) atoms. The maximum absolute atomic E-state index is 9.96. The van der Waals surface area contributed by atoms with Gasteiger partial charge in [-0.05, 0) is 12.1 Å². The van der Waals surface area contributed by atoms with E-state index >= 15 is 0 Å². The van der Waals surface area contributed by atoms with Crippen molar-refractivity contribution in [3.63, 3.8) is 0 Å². The fourth-order valence-corrected chi connectivity index (χ4v) is 1.19. The summed E-state index contributed by atoms with van der Waals surface area (Å²) in [6, 6.07) is 3.18. The number of carbonyl (C=O) groups is 1. The third kappa shape index (κ3) is 3.45. The van der Waals surface area contributed by atoms with Gasteiger partial charge in [-0.2, -0.15) is 0 Å². The second kappa shape index (κ2) is 4.86. The van der Waals surface area contributed by atoms with Crippen LogP contribution >= 0.6 is 23.2 Å². The van der Waals surface area contributed by atoms with Crippen molar-refractivity contribution in [1.82, 2.24) is 4.98 Å². The molecule has 0 saturated heterocycles. The quantitative estimate of drug-likeness (QED) is 0.408. The normalized spacial score (nSPS) is 8.77. The van der Waals surface area contributed by atoms with Crippen molar-refractivity contribution in [3.05, 3.63) is 28.0 Å². The third-order valence-electron chi connectivity index (χ3n) is 1.18. The number of hydrogen-bond acceptors (Lipinski definition) is 2. The standard InChI is InChI=1S/C9H5Cl2NO/c10-8-5-7(3-1-2-4-13)6-9(11)12-8/h4-6H,2H2. The molecule has 66 valence electrons. The smallest absolute Gasteiger partial charge is 0.132 e. The minimum atomic E-state index is 0.206. The molecule has 0 aliphatic carbocycles. The number of halogens is 2. The molecule has 4 heteroatoms. The van der Waals surface area contributed by atoms with Gasteiger partial charge in [0.25, 0.3) is 0 Å². The lowest BCUT2D eigenvalue weighted by Crippen LogP contribution is -1.80. The highest BCUT2D eigenvalue weighted by Crippen LogP contribution is 2.13. The van der Waals surface area contributed by atoms with Gasteiger partial charge in [0, 0.05) is 5.56 Å². The van der Waals surface area contributed by atoms with Crippen molar-refractivity contribution >= 4 is 29.5 Å². The van der Waals surface area contributed by atoms with Crippen molar-refractivity contribution in [3.8, 4) is 11.8 Å². The lowest BCUT2D eigenvalue weighted by molar-refractivity contribution is -0.107. The minimum absolute atomic E-state index is 0.206. The predicted molar refractivity (Wildman–Crippen MR) is 51.8 cm³/mol. The van der Waals surface area contributed by atoms with E-state index in [1.165, 1.54) is 0 Å². The molecule has 1 aromatic rings. The van der Waals surface area contributed by atoms with Crippen molar-refractivity contribution in [1.29, 1.82) is 0 Å². The van der Waals surface area contributed by atoms with E-state index in [0.717, 1.165) is 6.29 Å². The first-order valence-corrected chi connectivity index (χ1v) is 4.23. The number of nitrogens with zero attached hydrogens (tertiary/aromatic N) is 1. The molecule has 0 aromatic carbocycles. The molecule has 0 radical (unpaired) electrons. The van der Waals surface area contributed by atoms with Crippen LogP contribution in [0.2, 0.25) is 10.3 Å². The number of pyridine rings is 1. The molecule has 0 fully saturated rings. The summed E-state index contributed by atoms with van der Waals surface area (Å²) >= 11 is 11.3. The van der Waals surface area contributed by atoms with Gasteiger partial charge in [0.1, 0.15) is 16.6 Å². The number of hydrogen-bond donors (Lipinski definition) is 0. The molecular formula is C9H5Cl2NO. The molecule has 1 rings (SSSR count). The van der Waals surface area contributed by atoms with Crippen molar-refractivity contribution < 1.29 is 4.79 Å². The zero-order valence-electron chi connectivity index (χ0n) is 6.55. The summed E-state index contributed by atoms with van der Waals surface area (Å²) in [6.07, 6.45) is 0.939. The van der Waals surface area contributed by atoms with Gasteiger partial charge in [-0.3, -0.25) is 0 Å². The number of aldehydes is 1. The Morgan fingerprint density at radius 1 is 1.38 bits per heavy atom. The van der Waals surface area contributed by atoms with Crippen LogP contribution in [-0.2, 0) is 4.79 Å². The monoisotopic (exact) mass is 213 g/mol. The van der Waals surface area contributed by atoms with Gasteiger partial charge in [0.05, 0.1) is 6.42 Å². The number of rotatable bonds is 1. The van der Waals surface area contributed by atoms with E-state index in [0.29, 0.717) is 15.9 Å². The third-order valence-corrected chi connectivity index (χ3v) is 1.57. The van der Waals surface area contributed by atoms with Gasteiger partial charge in [0.2, 0.25) is 0 Å². The molecule has 1 aromatic heterocycles. The van der Waals surface area contributed by atoms with E-state index < -0.39 is 0 Å². The Bertz CT molecular complexity index is 359. The van der Waals surface area contributed by atoms with Crippen LogP contribution in [-0.4, -0.2) is 11.3 Å². The van der Waals surface area contributed by atoms with Crippen LogP contribution in [0.4, 0.5) is 0 Å². The average Bonchev–Trinajstić information content (AvgIpc) is 2.03. The topological polar surface area (TPSA) is 30.0 Å². The average molecular weight is 214 g/mol. The van der Waals surface area contributed by atoms with Gasteiger partial charge in [-0.25, -0.2) is 4.98 Å². The Balaban J connectivity index is 2.90. The second-order valence-electron chi connectivity index (χ2n) is 2.17. The van der Waals surface area contributed by atoms with E-state index in [9.17, 15) is 4.79 Å². The second-order valence-corrected chi connectivity index (χ2v) is 2.95. The lowest BCUT2D eigenvalue weighted by atomic mass is 10.2. The lowest BCUT2D eigenvalue weighted by Gasteiger charge is -1.92. The van der Waals surface area contributed by atoms with Crippen molar-refractivity contribution in [2.75, 3.05) is 0 Å². The van der Waals surface area contributed by atoms with E-state index in [1.54, 1.807) is 12.1 Å². The highest BCUT2D eigenvalue weighted by Gasteiger charge is 1.95. The molecular weight excluding hydrogens is 209 g/mol. The molecule has 0 aliphatic heterocycles. The zero-order chi connectivity index (χ0) is 9.68. The first-order chi connectivity index (χ1) is 6.22. The first-order valence-electron chi connectivity index (χ1n) is 3.48. The maximum atomic E-state index is 9.96. The Hall–Kier alpha value is -1.04. The summed E-state index contributed by atoms with van der Waals surface area (Å²) < 4.78 is 0. The molecule has 0 saturated carbocycles. The fourth-order valence-electron chi connectivity index (χ4n) is 0.732. The zero-order valence-corrected chi connectivity index (χ0v) is 8.06. The van der Waals surface area contributed by atoms with Crippen LogP contribution in [0.3, 0.4) is 0 Å². The summed E-state index contributed by atoms with van der Waals surface area (Å²) in [7, 11) is 0. The van der Waals surface area contributed by atoms with Crippen molar-refractivity contribution in [2.45, 2.75) is 6.42 Å². The Labute approximate surface area is 85.9 Å². The number of carbonyl (C=O) groups excluding carboxylic acids is 1. The van der Waals surface area contributed by atoms with Crippen molar-refractivity contribution in [2.24, 2.45) is 0 Å². The summed E-state index contributed by atoms with van der Waals surface area (Å²) in [4.78, 5) is 13.7. The van der Waals surface area contributed by atoms with Crippen LogP contribution in [0.25, 0.3) is 0 Å². The molecule has 0 amide bonds. The Kier molecular flexibility index (Phi) is 3.75. The van der Waals surface area contributed by atoms with Crippen LogP contribution in [0.5, 0.6) is 0 Å². The Morgan fingerprint density at radius 3 is 2.54 bits per heavy atom. The minimum Gasteiger partial charge on any atom is -0.302 e. The first kappa shape index (κ1) is 10.0. The van der Waals surface area contributed by atoms with E-state index in [4.69, 9.17) is 23.2 Å². The summed E-state index contributed by atoms with van der Waals surface area (Å²) in [5, 5.41) is 0.589. The molecule has 0 N–H and O–H groups in total. The summed E-state index contributed by atoms with van der Waals surface area (Å²) in [5.41, 5.74) is 0.659. The molecule has 0 bridgehead atoms. The van der Waals surface area contributed by atoms with Crippen LogP contribution in [0, 0.1) is 11.8 Å². The van der Waals surface area contributed by atoms with Crippen LogP contribution in [0.1, 0.15) is 12.0 Å². The van der Waals surface area contributed by atoms with Crippen LogP contribution in [0.15, 0.2) is 12.1 Å². The highest BCUT2D eigenvalue weighted by molar-refractivity contribution is 6.32. The molecule has 0 atom stereocenters. The van der Waals surface area contributed by atoms with Crippen LogP contribution < -0.4 is 0 Å². The fraction of sp³-hybridized carbons (Fsp3) is 0.111. The van der Waals surface area contributed by atoms with Gasteiger partial charge >= 0.3 is 0 Å². The summed E-state index contributed by atoms with van der Waals surface area (Å²) in [6.45, 7) is 0. The SMILES string of the molecule is O=CCC#Cc1cc(Cl)nc(Cl)c1. The predicted octanol–water partition coefficient (Wildman–Crippen LogP) is 2.33. The maximum Gasteiger partial charge on any atom is 0.132 e.